The highest BCUT2D eigenvalue weighted by Gasteiger charge is 2.26. The molecule has 0 aliphatic carbocycles. The summed E-state index contributed by atoms with van der Waals surface area (Å²) in [6.45, 7) is 2.87. The van der Waals surface area contributed by atoms with E-state index in [1.165, 1.54) is 0 Å². The molecule has 9 nitrogen and oxygen atoms in total. The van der Waals surface area contributed by atoms with Gasteiger partial charge < -0.3 is 14.8 Å². The molecule has 3 heterocycles. The van der Waals surface area contributed by atoms with Crippen LogP contribution in [0.3, 0.4) is 0 Å². The second kappa shape index (κ2) is 10.2. The van der Waals surface area contributed by atoms with Gasteiger partial charge in [-0.2, -0.15) is 0 Å². The number of likely N-dealkylation sites (tertiary alicyclic amines) is 1. The van der Waals surface area contributed by atoms with E-state index in [1.807, 2.05) is 30.3 Å². The summed E-state index contributed by atoms with van der Waals surface area (Å²) in [6.07, 6.45) is 5.63. The van der Waals surface area contributed by atoms with Gasteiger partial charge in [0.05, 0.1) is 19.9 Å². The van der Waals surface area contributed by atoms with Crippen LogP contribution in [0.1, 0.15) is 34.5 Å². The van der Waals surface area contributed by atoms with Crippen molar-refractivity contribution in [2.75, 3.05) is 20.7 Å². The number of carbonyl (C=O) groups is 1. The Hall–Kier alpha value is -3.46. The van der Waals surface area contributed by atoms with Gasteiger partial charge in [0.2, 0.25) is 5.88 Å². The summed E-state index contributed by atoms with van der Waals surface area (Å²) in [5.74, 6) is 1.24. The predicted octanol–water partition coefficient (Wildman–Crippen LogP) is 2.28. The summed E-state index contributed by atoms with van der Waals surface area (Å²) < 4.78 is 13.0. The van der Waals surface area contributed by atoms with E-state index in [0.29, 0.717) is 30.8 Å². The van der Waals surface area contributed by atoms with E-state index in [2.05, 4.69) is 31.6 Å². The van der Waals surface area contributed by atoms with E-state index >= 15 is 0 Å². The normalized spacial score (nSPS) is 16.1. The van der Waals surface area contributed by atoms with E-state index in [9.17, 15) is 4.79 Å². The number of pyridine rings is 1. The minimum atomic E-state index is -0.228. The number of hydrogen-bond acceptors (Lipinski definition) is 7. The zero-order chi connectivity index (χ0) is 22.3. The number of methoxy groups -OCH3 is 1. The number of nitrogens with zero attached hydrogens (tertiary/aromatic N) is 5. The zero-order valence-electron chi connectivity index (χ0n) is 18.4. The Morgan fingerprint density at radius 1 is 1.25 bits per heavy atom. The van der Waals surface area contributed by atoms with E-state index in [4.69, 9.17) is 9.47 Å². The van der Waals surface area contributed by atoms with Gasteiger partial charge in [-0.05, 0) is 43.1 Å². The molecule has 1 atom stereocenters. The third kappa shape index (κ3) is 5.23. The highest BCUT2D eigenvalue weighted by Crippen LogP contribution is 2.25. The number of rotatable bonds is 9. The molecule has 32 heavy (non-hydrogen) atoms. The summed E-state index contributed by atoms with van der Waals surface area (Å²) in [4.78, 5) is 18.6. The van der Waals surface area contributed by atoms with Crippen LogP contribution in [0.5, 0.6) is 11.6 Å². The SMILES string of the molecule is CNC(=O)c1cn(CC2CCCN2Cc2cccnc2OCc2ccc(OC)cc2)nn1. The van der Waals surface area contributed by atoms with Gasteiger partial charge in [0.15, 0.2) is 5.69 Å². The van der Waals surface area contributed by atoms with E-state index in [0.717, 1.165) is 42.8 Å². The van der Waals surface area contributed by atoms with Gasteiger partial charge in [0.1, 0.15) is 12.4 Å². The van der Waals surface area contributed by atoms with Crippen molar-refractivity contribution < 1.29 is 14.3 Å². The summed E-state index contributed by atoms with van der Waals surface area (Å²) in [7, 11) is 3.24. The van der Waals surface area contributed by atoms with Crippen molar-refractivity contribution in [3.63, 3.8) is 0 Å². The molecule has 1 N–H and O–H groups in total. The third-order valence-corrected chi connectivity index (χ3v) is 5.65. The van der Waals surface area contributed by atoms with Crippen LogP contribution in [0, 0.1) is 0 Å². The quantitative estimate of drug-likeness (QED) is 0.550. The van der Waals surface area contributed by atoms with E-state index in [1.54, 1.807) is 31.2 Å². The molecule has 0 spiro atoms. The van der Waals surface area contributed by atoms with Crippen molar-refractivity contribution in [2.24, 2.45) is 0 Å². The van der Waals surface area contributed by atoms with Crippen molar-refractivity contribution in [1.82, 2.24) is 30.2 Å². The molecular weight excluding hydrogens is 408 g/mol. The van der Waals surface area contributed by atoms with Crippen molar-refractivity contribution >= 4 is 5.91 Å². The fourth-order valence-corrected chi connectivity index (χ4v) is 3.91. The number of aromatic nitrogens is 4. The minimum absolute atomic E-state index is 0.228. The van der Waals surface area contributed by atoms with E-state index < -0.39 is 0 Å². The molecule has 2 aromatic heterocycles. The van der Waals surface area contributed by atoms with Crippen LogP contribution in [-0.2, 0) is 19.7 Å². The van der Waals surface area contributed by atoms with Crippen molar-refractivity contribution in [1.29, 1.82) is 0 Å². The standard InChI is InChI=1S/C23H28N6O3/c1-24-22(30)21-15-29(27-26-21)14-19-6-4-12-28(19)13-18-5-3-11-25-23(18)32-16-17-7-9-20(31-2)10-8-17/h3,5,7-11,15,19H,4,6,12-14,16H2,1-2H3,(H,24,30). The van der Waals surface area contributed by atoms with Crippen LogP contribution in [0.2, 0.25) is 0 Å². The second-order valence-corrected chi connectivity index (χ2v) is 7.78. The highest BCUT2D eigenvalue weighted by molar-refractivity contribution is 5.91. The van der Waals surface area contributed by atoms with Crippen LogP contribution >= 0.6 is 0 Å². The second-order valence-electron chi connectivity index (χ2n) is 7.78. The summed E-state index contributed by atoms with van der Waals surface area (Å²) in [6, 6.07) is 12.1. The maximum absolute atomic E-state index is 11.7. The Kier molecular flexibility index (Phi) is 6.96. The number of amides is 1. The van der Waals surface area contributed by atoms with Crippen LogP contribution in [0.15, 0.2) is 48.8 Å². The van der Waals surface area contributed by atoms with Crippen LogP contribution < -0.4 is 14.8 Å². The van der Waals surface area contributed by atoms with Gasteiger partial charge in [-0.15, -0.1) is 5.10 Å². The Bertz CT molecular complexity index is 1040. The molecule has 3 aromatic rings. The Morgan fingerprint density at radius 3 is 2.88 bits per heavy atom. The average Bonchev–Trinajstić information content (AvgIpc) is 3.48. The smallest absolute Gasteiger partial charge is 0.273 e. The summed E-state index contributed by atoms with van der Waals surface area (Å²) >= 11 is 0. The maximum Gasteiger partial charge on any atom is 0.273 e. The first-order valence-corrected chi connectivity index (χ1v) is 10.7. The third-order valence-electron chi connectivity index (χ3n) is 5.65. The summed E-state index contributed by atoms with van der Waals surface area (Å²) in [5, 5.41) is 10.7. The Labute approximate surface area is 187 Å². The first kappa shape index (κ1) is 21.8. The largest absolute Gasteiger partial charge is 0.497 e. The van der Waals surface area contributed by atoms with Crippen molar-refractivity contribution in [3.8, 4) is 11.6 Å². The predicted molar refractivity (Wildman–Crippen MR) is 118 cm³/mol. The van der Waals surface area contributed by atoms with E-state index in [-0.39, 0.29) is 5.91 Å². The molecule has 168 valence electrons. The number of nitrogens with one attached hydrogen (secondary N) is 1. The number of ether oxygens (including phenoxy) is 2. The average molecular weight is 437 g/mol. The monoisotopic (exact) mass is 436 g/mol. The molecule has 1 unspecified atom stereocenters. The molecule has 1 amide bonds. The number of benzene rings is 1. The minimum Gasteiger partial charge on any atom is -0.497 e. The van der Waals surface area contributed by atoms with Crippen molar-refractivity contribution in [3.05, 3.63) is 65.6 Å². The highest BCUT2D eigenvalue weighted by atomic mass is 16.5. The number of carbonyl (C=O) groups excluding carboxylic acids is 1. The molecule has 1 aliphatic heterocycles. The Balaban J connectivity index is 1.39. The van der Waals surface area contributed by atoms with Gasteiger partial charge in [-0.25, -0.2) is 4.98 Å². The fraction of sp³-hybridized carbons (Fsp3) is 0.391. The van der Waals surface area contributed by atoms with Crippen LogP contribution in [0.25, 0.3) is 0 Å². The molecule has 0 bridgehead atoms. The fourth-order valence-electron chi connectivity index (χ4n) is 3.91. The molecule has 9 heteroatoms. The van der Waals surface area contributed by atoms with Gasteiger partial charge >= 0.3 is 0 Å². The first-order chi connectivity index (χ1) is 15.7. The van der Waals surface area contributed by atoms with Crippen molar-refractivity contribution in [2.45, 2.75) is 38.6 Å². The lowest BCUT2D eigenvalue weighted by Gasteiger charge is -2.25. The topological polar surface area (TPSA) is 94.4 Å². The lowest BCUT2D eigenvalue weighted by Crippen LogP contribution is -2.33. The van der Waals surface area contributed by atoms with Gasteiger partial charge in [-0.1, -0.05) is 23.4 Å². The first-order valence-electron chi connectivity index (χ1n) is 10.7. The Morgan fingerprint density at radius 2 is 2.09 bits per heavy atom. The number of hydrogen-bond donors (Lipinski definition) is 1. The molecule has 1 aliphatic rings. The lowest BCUT2D eigenvalue weighted by atomic mass is 10.2. The van der Waals surface area contributed by atoms with Gasteiger partial charge in [-0.3, -0.25) is 14.4 Å². The van der Waals surface area contributed by atoms with Gasteiger partial charge in [0, 0.05) is 31.4 Å². The van der Waals surface area contributed by atoms with Crippen LogP contribution in [-0.4, -0.2) is 57.5 Å². The molecule has 0 saturated carbocycles. The maximum atomic E-state index is 11.7. The molecule has 1 saturated heterocycles. The molecular formula is C23H28N6O3. The molecule has 1 fully saturated rings. The van der Waals surface area contributed by atoms with Crippen LogP contribution in [0.4, 0.5) is 0 Å². The summed E-state index contributed by atoms with van der Waals surface area (Å²) in [5.41, 5.74) is 2.44. The zero-order valence-corrected chi connectivity index (χ0v) is 18.4. The lowest BCUT2D eigenvalue weighted by molar-refractivity contribution is 0.0958. The molecule has 4 rings (SSSR count). The van der Waals surface area contributed by atoms with Gasteiger partial charge in [0.25, 0.3) is 5.91 Å². The molecule has 1 aromatic carbocycles. The molecule has 0 radical (unpaired) electrons.